The lowest BCUT2D eigenvalue weighted by Crippen LogP contribution is -2.45. The Morgan fingerprint density at radius 1 is 1.05 bits per heavy atom. The van der Waals surface area contributed by atoms with E-state index in [-0.39, 0.29) is 41.5 Å². The number of esters is 1. The molecular weight excluding hydrogens is 493 g/mol. The first-order valence-electron chi connectivity index (χ1n) is 11.8. The van der Waals surface area contributed by atoms with E-state index in [0.29, 0.717) is 32.1 Å². The van der Waals surface area contributed by atoms with E-state index in [1.807, 2.05) is 0 Å². The molecule has 1 amide bonds. The number of fused-ring (bicyclic) bond motifs is 1. The predicted octanol–water partition coefficient (Wildman–Crippen LogP) is 2.91. The van der Waals surface area contributed by atoms with E-state index in [4.69, 9.17) is 0 Å². The molecule has 0 radical (unpaired) electrons. The van der Waals surface area contributed by atoms with Crippen LogP contribution in [0.5, 0.6) is 0 Å². The average Bonchev–Trinajstić information content (AvgIpc) is 2.87. The van der Waals surface area contributed by atoms with E-state index >= 15 is 0 Å². The molecule has 4 rings (SSSR count). The van der Waals surface area contributed by atoms with E-state index in [1.165, 1.54) is 13.2 Å². The van der Waals surface area contributed by atoms with Crippen LogP contribution in [0.1, 0.15) is 51.0 Å². The fourth-order valence-corrected chi connectivity index (χ4v) is 4.63. The summed E-state index contributed by atoms with van der Waals surface area (Å²) in [6.45, 7) is 0. The molecule has 0 atom stereocenters. The lowest BCUT2D eigenvalue weighted by atomic mass is 9.90. The Labute approximate surface area is 208 Å². The summed E-state index contributed by atoms with van der Waals surface area (Å²) < 4.78 is 48.0. The molecule has 2 aromatic heterocycles. The van der Waals surface area contributed by atoms with Crippen LogP contribution in [0.25, 0.3) is 16.7 Å². The summed E-state index contributed by atoms with van der Waals surface area (Å²) in [5, 5.41) is 2.72. The summed E-state index contributed by atoms with van der Waals surface area (Å²) >= 11 is 0. The SMILES string of the molecule is COC(=O)CCCC(=O)N[C@H]1CC[C@@H](n2c(=O)c3cc(F)cnc3n(-c3ccc(F)c(F)c3)c2=O)CC1. The molecule has 196 valence electrons. The number of nitrogens with zero attached hydrogens (tertiary/aromatic N) is 3. The lowest BCUT2D eigenvalue weighted by Gasteiger charge is -2.30. The van der Waals surface area contributed by atoms with Gasteiger partial charge in [-0.05, 0) is 50.3 Å². The van der Waals surface area contributed by atoms with Gasteiger partial charge >= 0.3 is 11.7 Å². The molecule has 37 heavy (non-hydrogen) atoms. The van der Waals surface area contributed by atoms with Crippen LogP contribution in [-0.4, -0.2) is 39.1 Å². The standard InChI is InChI=1S/C25H25F3N4O5/c1-37-22(34)4-2-3-21(33)30-15-5-7-16(8-6-15)32-24(35)18-11-14(26)13-29-23(18)31(25(32)36)17-9-10-19(27)20(28)12-17/h9-13,15-16H,2-8H2,1H3,(H,30,33)/t15-,16+. The number of pyridine rings is 1. The smallest absolute Gasteiger partial charge is 0.337 e. The number of carbonyl (C=O) groups excluding carboxylic acids is 2. The number of nitrogens with one attached hydrogen (secondary N) is 1. The predicted molar refractivity (Wildman–Crippen MR) is 127 cm³/mol. The van der Waals surface area contributed by atoms with Crippen LogP contribution in [0.4, 0.5) is 13.2 Å². The minimum atomic E-state index is -1.19. The van der Waals surface area contributed by atoms with Gasteiger partial charge in [-0.2, -0.15) is 0 Å². The maximum atomic E-state index is 14.0. The molecule has 0 unspecified atom stereocenters. The largest absolute Gasteiger partial charge is 0.469 e. The van der Waals surface area contributed by atoms with Crippen molar-refractivity contribution >= 4 is 22.9 Å². The quantitative estimate of drug-likeness (QED) is 0.482. The summed E-state index contributed by atoms with van der Waals surface area (Å²) in [4.78, 5) is 54.0. The van der Waals surface area contributed by atoms with Crippen molar-refractivity contribution < 1.29 is 27.5 Å². The van der Waals surface area contributed by atoms with E-state index < -0.39 is 40.7 Å². The van der Waals surface area contributed by atoms with Gasteiger partial charge in [-0.15, -0.1) is 0 Å². The van der Waals surface area contributed by atoms with Gasteiger partial charge in [0.25, 0.3) is 5.56 Å². The van der Waals surface area contributed by atoms with Gasteiger partial charge in [-0.25, -0.2) is 27.5 Å². The molecule has 9 nitrogen and oxygen atoms in total. The van der Waals surface area contributed by atoms with Crippen molar-refractivity contribution in [3.8, 4) is 5.69 Å². The third-order valence-electron chi connectivity index (χ3n) is 6.49. The maximum absolute atomic E-state index is 14.0. The number of rotatable bonds is 7. The van der Waals surface area contributed by atoms with Crippen molar-refractivity contribution in [2.45, 2.75) is 57.0 Å². The van der Waals surface area contributed by atoms with Crippen LogP contribution in [0, 0.1) is 17.5 Å². The Hall–Kier alpha value is -3.96. The summed E-state index contributed by atoms with van der Waals surface area (Å²) in [5.41, 5.74) is -1.78. The van der Waals surface area contributed by atoms with E-state index in [1.54, 1.807) is 0 Å². The highest BCUT2D eigenvalue weighted by Gasteiger charge is 2.28. The molecule has 1 aromatic carbocycles. The topological polar surface area (TPSA) is 112 Å². The molecular formula is C25H25F3N4O5. The number of amides is 1. The third kappa shape index (κ3) is 5.57. The lowest BCUT2D eigenvalue weighted by molar-refractivity contribution is -0.140. The van der Waals surface area contributed by atoms with E-state index in [2.05, 4.69) is 15.0 Å². The Morgan fingerprint density at radius 2 is 1.78 bits per heavy atom. The number of benzene rings is 1. The summed E-state index contributed by atoms with van der Waals surface area (Å²) in [6, 6.07) is 3.05. The highest BCUT2D eigenvalue weighted by Crippen LogP contribution is 2.27. The Bertz CT molecular complexity index is 1460. The molecule has 0 bridgehead atoms. The molecule has 12 heteroatoms. The Kier molecular flexibility index (Phi) is 7.74. The van der Waals surface area contributed by atoms with Crippen molar-refractivity contribution in [3.63, 3.8) is 0 Å². The highest BCUT2D eigenvalue weighted by atomic mass is 19.2. The maximum Gasteiger partial charge on any atom is 0.337 e. The molecule has 0 aliphatic heterocycles. The minimum absolute atomic E-state index is 0.0605. The molecule has 3 aromatic rings. The summed E-state index contributed by atoms with van der Waals surface area (Å²) in [7, 11) is 1.28. The van der Waals surface area contributed by atoms with Crippen molar-refractivity contribution in [1.82, 2.24) is 19.4 Å². The van der Waals surface area contributed by atoms with Gasteiger partial charge in [0.1, 0.15) is 5.82 Å². The zero-order valence-corrected chi connectivity index (χ0v) is 20.0. The minimum Gasteiger partial charge on any atom is -0.469 e. The number of aromatic nitrogens is 3. The Morgan fingerprint density at radius 3 is 2.46 bits per heavy atom. The third-order valence-corrected chi connectivity index (χ3v) is 6.49. The van der Waals surface area contributed by atoms with Crippen molar-refractivity contribution in [1.29, 1.82) is 0 Å². The van der Waals surface area contributed by atoms with Crippen molar-refractivity contribution in [2.24, 2.45) is 0 Å². The van der Waals surface area contributed by atoms with Crippen molar-refractivity contribution in [3.05, 3.63) is 68.8 Å². The van der Waals surface area contributed by atoms with Crippen molar-refractivity contribution in [2.75, 3.05) is 7.11 Å². The number of hydrogen-bond acceptors (Lipinski definition) is 6. The number of ether oxygens (including phenoxy) is 1. The van der Waals surface area contributed by atoms with Gasteiger partial charge in [0.2, 0.25) is 5.91 Å². The van der Waals surface area contributed by atoms with E-state index in [0.717, 1.165) is 33.5 Å². The van der Waals surface area contributed by atoms with Gasteiger partial charge < -0.3 is 10.1 Å². The molecule has 1 aliphatic carbocycles. The first-order valence-corrected chi connectivity index (χ1v) is 11.8. The first kappa shape index (κ1) is 26.1. The van der Waals surface area contributed by atoms with Crippen LogP contribution in [0.15, 0.2) is 40.1 Å². The Balaban J connectivity index is 1.59. The summed E-state index contributed by atoms with van der Waals surface area (Å²) in [6.07, 6.45) is 3.18. The van der Waals surface area contributed by atoms with Gasteiger partial charge in [-0.1, -0.05) is 0 Å². The van der Waals surface area contributed by atoms with Crippen LogP contribution >= 0.6 is 0 Å². The molecule has 1 N–H and O–H groups in total. The fraction of sp³-hybridized carbons (Fsp3) is 0.400. The molecule has 1 saturated carbocycles. The normalized spacial score (nSPS) is 17.5. The first-order chi connectivity index (χ1) is 17.7. The molecule has 0 saturated heterocycles. The van der Waals surface area contributed by atoms with Gasteiger partial charge in [0.05, 0.1) is 24.4 Å². The second-order valence-electron chi connectivity index (χ2n) is 8.92. The number of hydrogen-bond donors (Lipinski definition) is 1. The van der Waals surface area contributed by atoms with Crippen LogP contribution < -0.4 is 16.6 Å². The monoisotopic (exact) mass is 518 g/mol. The molecule has 2 heterocycles. The average molecular weight is 518 g/mol. The number of carbonyl (C=O) groups is 2. The fourth-order valence-electron chi connectivity index (χ4n) is 4.63. The number of halogens is 3. The molecule has 1 aliphatic rings. The zero-order chi connectivity index (χ0) is 26.7. The summed E-state index contributed by atoms with van der Waals surface area (Å²) in [5.74, 6) is -3.69. The number of methoxy groups -OCH3 is 1. The van der Waals surface area contributed by atoms with Crippen LogP contribution in [0.3, 0.4) is 0 Å². The van der Waals surface area contributed by atoms with Gasteiger partial charge in [0, 0.05) is 31.0 Å². The van der Waals surface area contributed by atoms with E-state index in [9.17, 15) is 32.3 Å². The van der Waals surface area contributed by atoms with Crippen LogP contribution in [0.2, 0.25) is 0 Å². The highest BCUT2D eigenvalue weighted by molar-refractivity contribution is 5.77. The molecule has 0 spiro atoms. The van der Waals surface area contributed by atoms with Gasteiger partial charge in [0.15, 0.2) is 17.3 Å². The van der Waals surface area contributed by atoms with Gasteiger partial charge in [-0.3, -0.25) is 19.0 Å². The molecule has 1 fully saturated rings. The second-order valence-corrected chi connectivity index (χ2v) is 8.92. The zero-order valence-electron chi connectivity index (χ0n) is 20.0. The second kappa shape index (κ2) is 11.0. The van der Waals surface area contributed by atoms with Crippen LogP contribution in [-0.2, 0) is 14.3 Å².